The molecule has 0 spiro atoms. The monoisotopic (exact) mass is 391 g/mol. The minimum absolute atomic E-state index is 0.0831. The second kappa shape index (κ2) is 10.0. The van der Waals surface area contributed by atoms with Crippen LogP contribution < -0.4 is 5.32 Å². The molecule has 1 unspecified atom stereocenters. The van der Waals surface area contributed by atoms with E-state index in [0.717, 1.165) is 17.5 Å². The number of amides is 1. The maximum atomic E-state index is 12.4. The predicted molar refractivity (Wildman–Crippen MR) is 114 cm³/mol. The van der Waals surface area contributed by atoms with Crippen LogP contribution in [0.3, 0.4) is 0 Å². The normalized spacial score (nSPS) is 12.1. The van der Waals surface area contributed by atoms with Crippen LogP contribution in [0, 0.1) is 18.8 Å². The SMILES string of the molecule is Cc1ccc(CNC(=O)CC(CCc2nc(-c3ccccc3)no2)C(C)C)cc1. The van der Waals surface area contributed by atoms with Gasteiger partial charge in [-0.05, 0) is 30.7 Å². The second-order valence-electron chi connectivity index (χ2n) is 7.89. The molecule has 5 nitrogen and oxygen atoms in total. The summed E-state index contributed by atoms with van der Waals surface area (Å²) in [7, 11) is 0. The number of rotatable bonds is 9. The first-order chi connectivity index (χ1) is 14.0. The van der Waals surface area contributed by atoms with E-state index >= 15 is 0 Å². The van der Waals surface area contributed by atoms with Gasteiger partial charge >= 0.3 is 0 Å². The van der Waals surface area contributed by atoms with Gasteiger partial charge in [0.05, 0.1) is 0 Å². The molecule has 0 aliphatic carbocycles. The Hall–Kier alpha value is -2.95. The summed E-state index contributed by atoms with van der Waals surface area (Å²) in [5.41, 5.74) is 3.28. The van der Waals surface area contributed by atoms with E-state index in [2.05, 4.69) is 60.5 Å². The summed E-state index contributed by atoms with van der Waals surface area (Å²) >= 11 is 0. The van der Waals surface area contributed by atoms with E-state index in [4.69, 9.17) is 4.52 Å². The van der Waals surface area contributed by atoms with Crippen molar-refractivity contribution in [1.29, 1.82) is 0 Å². The molecule has 1 heterocycles. The van der Waals surface area contributed by atoms with Gasteiger partial charge in [-0.3, -0.25) is 4.79 Å². The van der Waals surface area contributed by atoms with Crippen LogP contribution in [0.4, 0.5) is 0 Å². The van der Waals surface area contributed by atoms with Gasteiger partial charge in [-0.15, -0.1) is 0 Å². The number of aryl methyl sites for hydroxylation is 2. The molecule has 29 heavy (non-hydrogen) atoms. The van der Waals surface area contributed by atoms with Crippen molar-refractivity contribution in [3.05, 3.63) is 71.6 Å². The summed E-state index contributed by atoms with van der Waals surface area (Å²) in [6.07, 6.45) is 2.02. The van der Waals surface area contributed by atoms with E-state index in [1.165, 1.54) is 5.56 Å². The number of hydrogen-bond acceptors (Lipinski definition) is 4. The first-order valence-corrected chi connectivity index (χ1v) is 10.2. The van der Waals surface area contributed by atoms with Crippen LogP contribution in [0.25, 0.3) is 11.4 Å². The summed E-state index contributed by atoms with van der Waals surface area (Å²) < 4.78 is 5.41. The van der Waals surface area contributed by atoms with Crippen molar-refractivity contribution < 1.29 is 9.32 Å². The fraction of sp³-hybridized carbons (Fsp3) is 0.375. The van der Waals surface area contributed by atoms with Crippen molar-refractivity contribution in [2.45, 2.75) is 46.6 Å². The fourth-order valence-corrected chi connectivity index (χ4v) is 3.26. The summed E-state index contributed by atoms with van der Waals surface area (Å²) in [5.74, 6) is 1.98. The van der Waals surface area contributed by atoms with Crippen molar-refractivity contribution in [1.82, 2.24) is 15.5 Å². The van der Waals surface area contributed by atoms with Crippen LogP contribution in [0.1, 0.15) is 43.7 Å². The van der Waals surface area contributed by atoms with Gasteiger partial charge in [0.15, 0.2) is 0 Å². The van der Waals surface area contributed by atoms with E-state index < -0.39 is 0 Å². The highest BCUT2D eigenvalue weighted by molar-refractivity contribution is 5.76. The number of carbonyl (C=O) groups is 1. The summed E-state index contributed by atoms with van der Waals surface area (Å²) in [6.45, 7) is 6.93. The van der Waals surface area contributed by atoms with Crippen molar-refractivity contribution in [3.8, 4) is 11.4 Å². The first kappa shape index (κ1) is 20.8. The van der Waals surface area contributed by atoms with Gasteiger partial charge < -0.3 is 9.84 Å². The molecule has 2 aromatic carbocycles. The van der Waals surface area contributed by atoms with Gasteiger partial charge in [0.2, 0.25) is 17.6 Å². The van der Waals surface area contributed by atoms with Gasteiger partial charge in [-0.1, -0.05) is 79.2 Å². The Balaban J connectivity index is 1.50. The summed E-state index contributed by atoms with van der Waals surface area (Å²) in [6, 6.07) is 18.0. The van der Waals surface area contributed by atoms with Crippen molar-refractivity contribution in [3.63, 3.8) is 0 Å². The zero-order chi connectivity index (χ0) is 20.6. The van der Waals surface area contributed by atoms with Crippen LogP contribution >= 0.6 is 0 Å². The minimum atomic E-state index is 0.0831. The second-order valence-corrected chi connectivity index (χ2v) is 7.89. The highest BCUT2D eigenvalue weighted by Gasteiger charge is 2.19. The number of nitrogens with zero attached hydrogens (tertiary/aromatic N) is 2. The maximum Gasteiger partial charge on any atom is 0.226 e. The zero-order valence-corrected chi connectivity index (χ0v) is 17.4. The van der Waals surface area contributed by atoms with Crippen molar-refractivity contribution >= 4 is 5.91 Å². The van der Waals surface area contributed by atoms with Gasteiger partial charge in [0.25, 0.3) is 0 Å². The molecular weight excluding hydrogens is 362 g/mol. The molecule has 3 aromatic rings. The molecule has 3 rings (SSSR count). The van der Waals surface area contributed by atoms with Crippen LogP contribution in [0.15, 0.2) is 59.1 Å². The average molecular weight is 392 g/mol. The Bertz CT molecular complexity index is 901. The van der Waals surface area contributed by atoms with E-state index in [1.807, 2.05) is 30.3 Å². The van der Waals surface area contributed by atoms with Crippen LogP contribution in [0.5, 0.6) is 0 Å². The van der Waals surface area contributed by atoms with Gasteiger partial charge in [0, 0.05) is 24.9 Å². The smallest absolute Gasteiger partial charge is 0.226 e. The molecule has 1 aromatic heterocycles. The lowest BCUT2D eigenvalue weighted by atomic mass is 9.88. The molecule has 0 bridgehead atoms. The Labute approximate surface area is 172 Å². The Morgan fingerprint density at radius 2 is 1.79 bits per heavy atom. The Morgan fingerprint density at radius 3 is 2.48 bits per heavy atom. The predicted octanol–water partition coefficient (Wildman–Crippen LogP) is 4.96. The first-order valence-electron chi connectivity index (χ1n) is 10.2. The number of hydrogen-bond donors (Lipinski definition) is 1. The van der Waals surface area contributed by atoms with Crippen molar-refractivity contribution in [2.24, 2.45) is 11.8 Å². The van der Waals surface area contributed by atoms with Gasteiger partial charge in [-0.2, -0.15) is 4.98 Å². The number of benzene rings is 2. The molecular formula is C24H29N3O2. The lowest BCUT2D eigenvalue weighted by molar-refractivity contribution is -0.122. The molecule has 0 radical (unpaired) electrons. The Kier molecular flexibility index (Phi) is 7.17. The molecule has 5 heteroatoms. The number of nitrogens with one attached hydrogen (secondary N) is 1. The van der Waals surface area contributed by atoms with E-state index in [0.29, 0.717) is 37.0 Å². The molecule has 1 N–H and O–H groups in total. The molecule has 0 saturated heterocycles. The molecule has 0 aliphatic heterocycles. The van der Waals surface area contributed by atoms with E-state index in [9.17, 15) is 4.79 Å². The molecule has 1 atom stereocenters. The number of aromatic nitrogens is 2. The summed E-state index contributed by atoms with van der Waals surface area (Å²) in [5, 5.41) is 7.11. The molecule has 1 amide bonds. The molecule has 0 fully saturated rings. The third-order valence-corrected chi connectivity index (χ3v) is 5.23. The van der Waals surface area contributed by atoms with Crippen LogP contribution in [-0.2, 0) is 17.8 Å². The average Bonchev–Trinajstić information content (AvgIpc) is 3.20. The van der Waals surface area contributed by atoms with Gasteiger partial charge in [0.1, 0.15) is 0 Å². The van der Waals surface area contributed by atoms with Crippen LogP contribution in [0.2, 0.25) is 0 Å². The van der Waals surface area contributed by atoms with Gasteiger partial charge in [-0.25, -0.2) is 0 Å². The largest absolute Gasteiger partial charge is 0.352 e. The molecule has 0 saturated carbocycles. The Morgan fingerprint density at radius 1 is 1.07 bits per heavy atom. The quantitative estimate of drug-likeness (QED) is 0.560. The third kappa shape index (κ3) is 6.28. The van der Waals surface area contributed by atoms with Crippen LogP contribution in [-0.4, -0.2) is 16.0 Å². The number of carbonyl (C=O) groups excluding carboxylic acids is 1. The van der Waals surface area contributed by atoms with E-state index in [1.54, 1.807) is 0 Å². The molecule has 0 aliphatic rings. The topological polar surface area (TPSA) is 68.0 Å². The standard InChI is InChI=1S/C24H29N3O2/c1-17(2)21(15-22(28)25-16-19-11-9-18(3)10-12-19)13-14-23-26-24(27-29-23)20-7-5-4-6-8-20/h4-12,17,21H,13-16H2,1-3H3,(H,25,28). The maximum absolute atomic E-state index is 12.4. The van der Waals surface area contributed by atoms with Crippen molar-refractivity contribution in [2.75, 3.05) is 0 Å². The third-order valence-electron chi connectivity index (χ3n) is 5.23. The minimum Gasteiger partial charge on any atom is -0.352 e. The molecule has 152 valence electrons. The van der Waals surface area contributed by atoms with E-state index in [-0.39, 0.29) is 11.8 Å². The lowest BCUT2D eigenvalue weighted by Crippen LogP contribution is -2.27. The zero-order valence-electron chi connectivity index (χ0n) is 17.4. The highest BCUT2D eigenvalue weighted by Crippen LogP contribution is 2.22. The highest BCUT2D eigenvalue weighted by atomic mass is 16.5. The summed E-state index contributed by atoms with van der Waals surface area (Å²) in [4.78, 5) is 16.9. The lowest BCUT2D eigenvalue weighted by Gasteiger charge is -2.19. The fourth-order valence-electron chi connectivity index (χ4n) is 3.26.